The minimum Gasteiger partial charge on any atom is -0.463 e. The molecule has 8 nitrogen and oxygen atoms in total. The maximum absolute atomic E-state index is 13.0. The Morgan fingerprint density at radius 2 is 1.89 bits per heavy atom. The van der Waals surface area contributed by atoms with Gasteiger partial charge in [-0.1, -0.05) is 26.0 Å². The van der Waals surface area contributed by atoms with E-state index < -0.39 is 34.2 Å². The number of H-pyrrole nitrogens is 1. The first kappa shape index (κ1) is 28.1. The van der Waals surface area contributed by atoms with E-state index in [1.807, 2.05) is 13.8 Å². The molecule has 0 aliphatic carbocycles. The fourth-order valence-electron chi connectivity index (χ4n) is 3.11. The number of hydrogen-bond donors (Lipinski definition) is 3. The average Bonchev–Trinajstić information content (AvgIpc) is 3.28. The number of alkyl halides is 3. The van der Waals surface area contributed by atoms with Crippen LogP contribution < -0.4 is 5.32 Å². The van der Waals surface area contributed by atoms with Crippen molar-refractivity contribution in [3.05, 3.63) is 48.2 Å². The van der Waals surface area contributed by atoms with Crippen molar-refractivity contribution in [2.75, 3.05) is 39.0 Å². The van der Waals surface area contributed by atoms with Crippen LogP contribution in [-0.4, -0.2) is 75.2 Å². The van der Waals surface area contributed by atoms with Crippen molar-refractivity contribution in [3.63, 3.8) is 0 Å². The molecule has 0 aliphatic rings. The summed E-state index contributed by atoms with van der Waals surface area (Å²) >= 11 is 0. The zero-order valence-corrected chi connectivity index (χ0v) is 20.5. The number of nitrogens with one attached hydrogen (secondary N) is 3. The van der Waals surface area contributed by atoms with Gasteiger partial charge in [-0.25, -0.2) is 8.42 Å². The lowest BCUT2D eigenvalue weighted by Crippen LogP contribution is -2.30. The lowest BCUT2D eigenvalue weighted by molar-refractivity contribution is -0.142. The van der Waals surface area contributed by atoms with Crippen LogP contribution in [0.2, 0.25) is 0 Å². The highest BCUT2D eigenvalue weighted by Gasteiger charge is 2.33. The van der Waals surface area contributed by atoms with E-state index in [0.29, 0.717) is 23.9 Å². The number of halogens is 3. The Kier molecular flexibility index (Phi) is 9.66. The zero-order valence-electron chi connectivity index (χ0n) is 19.7. The highest BCUT2D eigenvalue weighted by Crippen LogP contribution is 2.25. The average molecular weight is 515 g/mol. The van der Waals surface area contributed by atoms with Crippen LogP contribution in [0.4, 0.5) is 13.2 Å². The van der Waals surface area contributed by atoms with Gasteiger partial charge < -0.3 is 19.9 Å². The van der Waals surface area contributed by atoms with Gasteiger partial charge in [-0.15, -0.1) is 0 Å². The van der Waals surface area contributed by atoms with Crippen LogP contribution in [-0.2, 0) is 19.4 Å². The predicted octanol–water partition coefficient (Wildman–Crippen LogP) is 3.48. The number of allylic oxidation sites excluding steroid dienone is 1. The number of likely N-dealkylation sites (N-methyl/N-ethyl adjacent to an activating group) is 1. The van der Waals surface area contributed by atoms with Crippen molar-refractivity contribution < 1.29 is 31.1 Å². The molecule has 1 aromatic carbocycles. The number of rotatable bonds is 12. The number of carbonyl (C=O) groups is 1. The van der Waals surface area contributed by atoms with E-state index in [9.17, 15) is 26.4 Å². The van der Waals surface area contributed by atoms with Gasteiger partial charge in [0.25, 0.3) is 0 Å². The van der Waals surface area contributed by atoms with Crippen molar-refractivity contribution in [1.29, 1.82) is 5.41 Å². The number of aromatic nitrogens is 1. The summed E-state index contributed by atoms with van der Waals surface area (Å²) in [6, 6.07) is 9.10. The smallest absolute Gasteiger partial charge is 0.432 e. The molecule has 0 fully saturated rings. The van der Waals surface area contributed by atoms with Gasteiger partial charge in [-0.2, -0.15) is 13.2 Å². The van der Waals surface area contributed by atoms with Gasteiger partial charge >= 0.3 is 12.1 Å². The van der Waals surface area contributed by atoms with Crippen LogP contribution in [0, 0.1) is 5.41 Å². The normalized spacial score (nSPS) is 12.6. The van der Waals surface area contributed by atoms with Crippen LogP contribution >= 0.6 is 0 Å². The first-order valence-electron chi connectivity index (χ1n) is 10.8. The minimum atomic E-state index is -4.88. The van der Waals surface area contributed by atoms with E-state index in [0.717, 1.165) is 19.3 Å². The standard InChI is InChI=1S/C23H29F3N4O4S/c1-4-30(5-2)11-12-34-22(31)15-28-20(14-21(27)23(24,25)26)19-10-9-18(29-19)16-7-6-8-17(13-16)35(3,32)33/h6-10,13-14,27-29H,4-5,11-12,15H2,1-3H3/b20-14-,27-21?. The van der Waals surface area contributed by atoms with E-state index in [-0.39, 0.29) is 22.9 Å². The number of carbonyl (C=O) groups excluding carboxylic acids is 1. The molecule has 0 atom stereocenters. The van der Waals surface area contributed by atoms with Gasteiger partial charge in [0.15, 0.2) is 9.84 Å². The second-order valence-corrected chi connectivity index (χ2v) is 9.67. The Morgan fingerprint density at radius 3 is 2.49 bits per heavy atom. The van der Waals surface area contributed by atoms with Gasteiger partial charge in [0.2, 0.25) is 0 Å². The third kappa shape index (κ3) is 8.55. The molecule has 0 amide bonds. The topological polar surface area (TPSA) is 115 Å². The molecule has 2 rings (SSSR count). The van der Waals surface area contributed by atoms with Gasteiger partial charge in [-0.3, -0.25) is 10.2 Å². The molecule has 0 saturated heterocycles. The molecule has 3 N–H and O–H groups in total. The molecule has 35 heavy (non-hydrogen) atoms. The molecule has 1 aromatic heterocycles. The van der Waals surface area contributed by atoms with E-state index in [1.54, 1.807) is 18.2 Å². The van der Waals surface area contributed by atoms with Crippen LogP contribution in [0.25, 0.3) is 17.0 Å². The quantitative estimate of drug-likeness (QED) is 0.295. The number of aromatic amines is 1. The molecular formula is C23H29F3N4O4S. The second-order valence-electron chi connectivity index (χ2n) is 7.66. The molecule has 0 radical (unpaired) electrons. The Bertz CT molecular complexity index is 1170. The fraction of sp³-hybridized carbons (Fsp3) is 0.391. The monoisotopic (exact) mass is 514 g/mol. The third-order valence-electron chi connectivity index (χ3n) is 5.13. The Balaban J connectivity index is 2.22. The summed E-state index contributed by atoms with van der Waals surface area (Å²) < 4.78 is 67.8. The summed E-state index contributed by atoms with van der Waals surface area (Å²) in [5, 5.41) is 9.94. The molecule has 12 heteroatoms. The summed E-state index contributed by atoms with van der Waals surface area (Å²) in [6.45, 7) is 5.80. The van der Waals surface area contributed by atoms with E-state index in [4.69, 9.17) is 10.1 Å². The second kappa shape index (κ2) is 12.0. The SMILES string of the molecule is CCN(CC)CCOC(=O)CN/C(=C\C(=N)C(F)(F)F)c1ccc(-c2cccc(S(C)(=O)=O)c2)[nH]1. The Morgan fingerprint density at radius 1 is 1.20 bits per heavy atom. The highest BCUT2D eigenvalue weighted by molar-refractivity contribution is 7.90. The van der Waals surface area contributed by atoms with Crippen LogP contribution in [0.5, 0.6) is 0 Å². The molecule has 0 spiro atoms. The number of hydrogen-bond acceptors (Lipinski definition) is 7. The first-order chi connectivity index (χ1) is 16.3. The summed E-state index contributed by atoms with van der Waals surface area (Å²) in [5.74, 6) is -0.658. The number of ether oxygens (including phenoxy) is 1. The van der Waals surface area contributed by atoms with Gasteiger partial charge in [0.1, 0.15) is 18.9 Å². The molecule has 0 unspecified atom stereocenters. The van der Waals surface area contributed by atoms with Crippen molar-refractivity contribution in [3.8, 4) is 11.3 Å². The summed E-state index contributed by atoms with van der Waals surface area (Å²) in [5.41, 5.74) is -0.628. The summed E-state index contributed by atoms with van der Waals surface area (Å²) in [6.07, 6.45) is -3.23. The lowest BCUT2D eigenvalue weighted by Gasteiger charge is -2.17. The van der Waals surface area contributed by atoms with E-state index in [2.05, 4.69) is 15.2 Å². The summed E-state index contributed by atoms with van der Waals surface area (Å²) in [4.78, 5) is 17.2. The lowest BCUT2D eigenvalue weighted by atomic mass is 10.2. The molecule has 1 heterocycles. The van der Waals surface area contributed by atoms with Crippen LogP contribution in [0.3, 0.4) is 0 Å². The summed E-state index contributed by atoms with van der Waals surface area (Å²) in [7, 11) is -3.46. The van der Waals surface area contributed by atoms with Crippen molar-refractivity contribution in [2.45, 2.75) is 24.9 Å². The molecule has 0 aliphatic heterocycles. The van der Waals surface area contributed by atoms with Crippen molar-refractivity contribution >= 4 is 27.2 Å². The number of esters is 1. The maximum Gasteiger partial charge on any atom is 0.432 e. The number of benzene rings is 1. The highest BCUT2D eigenvalue weighted by atomic mass is 32.2. The number of nitrogens with zero attached hydrogens (tertiary/aromatic N) is 1. The Hall–Kier alpha value is -3.12. The predicted molar refractivity (Wildman–Crippen MR) is 128 cm³/mol. The maximum atomic E-state index is 13.0. The van der Waals surface area contributed by atoms with Gasteiger partial charge in [0, 0.05) is 18.5 Å². The minimum absolute atomic E-state index is 0.0892. The number of sulfone groups is 1. The first-order valence-corrected chi connectivity index (χ1v) is 12.7. The van der Waals surface area contributed by atoms with E-state index in [1.165, 1.54) is 18.2 Å². The Labute approximate surface area is 202 Å². The zero-order chi connectivity index (χ0) is 26.2. The van der Waals surface area contributed by atoms with Gasteiger partial charge in [0.05, 0.1) is 16.3 Å². The van der Waals surface area contributed by atoms with Crippen molar-refractivity contribution in [2.24, 2.45) is 0 Å². The molecule has 0 bridgehead atoms. The largest absolute Gasteiger partial charge is 0.463 e. The van der Waals surface area contributed by atoms with Crippen molar-refractivity contribution in [1.82, 2.24) is 15.2 Å². The molecule has 2 aromatic rings. The molecule has 0 saturated carbocycles. The van der Waals surface area contributed by atoms with Crippen LogP contribution in [0.1, 0.15) is 19.5 Å². The third-order valence-corrected chi connectivity index (χ3v) is 6.24. The van der Waals surface area contributed by atoms with Gasteiger partial charge in [-0.05, 0) is 49.0 Å². The molecule has 192 valence electrons. The van der Waals surface area contributed by atoms with Crippen LogP contribution in [0.15, 0.2) is 47.4 Å². The van der Waals surface area contributed by atoms with E-state index >= 15 is 0 Å². The molecular weight excluding hydrogens is 485 g/mol. The fourth-order valence-corrected chi connectivity index (χ4v) is 3.78.